The van der Waals surface area contributed by atoms with Crippen LogP contribution < -0.4 is 9.62 Å². The number of carboxylic acids is 1. The molecule has 1 amide bonds. The molecular formula is C17H18N2O5S. The first-order valence-corrected chi connectivity index (χ1v) is 9.44. The van der Waals surface area contributed by atoms with Crippen molar-refractivity contribution in [1.29, 1.82) is 0 Å². The highest BCUT2D eigenvalue weighted by atomic mass is 32.2. The Balaban J connectivity index is 2.01. The molecular weight excluding hydrogens is 344 g/mol. The van der Waals surface area contributed by atoms with E-state index in [2.05, 4.69) is 4.72 Å². The van der Waals surface area contributed by atoms with Gasteiger partial charge < -0.3 is 10.0 Å². The molecule has 0 radical (unpaired) electrons. The summed E-state index contributed by atoms with van der Waals surface area (Å²) in [6, 6.07) is 8.18. The molecule has 1 aliphatic heterocycles. The number of sulfonamides is 1. The second kappa shape index (κ2) is 6.45. The maximum absolute atomic E-state index is 12.6. The van der Waals surface area contributed by atoms with Gasteiger partial charge in [0.25, 0.3) is 5.91 Å². The summed E-state index contributed by atoms with van der Waals surface area (Å²) in [5.41, 5.74) is 1.21. The summed E-state index contributed by atoms with van der Waals surface area (Å²) < 4.78 is 27.6. The molecule has 0 saturated heterocycles. The zero-order chi connectivity index (χ0) is 18.2. The van der Waals surface area contributed by atoms with Crippen LogP contribution in [0.1, 0.15) is 30.1 Å². The fraction of sp³-hybridized carbons (Fsp3) is 0.294. The monoisotopic (exact) mass is 362 g/mol. The highest BCUT2D eigenvalue weighted by Gasteiger charge is 2.31. The maximum atomic E-state index is 12.6. The number of carbonyl (C=O) groups is 2. The second-order valence-corrected chi connectivity index (χ2v) is 7.49. The van der Waals surface area contributed by atoms with Crippen LogP contribution in [0.2, 0.25) is 0 Å². The van der Waals surface area contributed by atoms with Crippen LogP contribution in [0.5, 0.6) is 0 Å². The Labute approximate surface area is 145 Å². The van der Waals surface area contributed by atoms with Gasteiger partial charge in [0.15, 0.2) is 0 Å². The number of carboxylic acid groups (broad SMARTS) is 1. The summed E-state index contributed by atoms with van der Waals surface area (Å²) in [6.45, 7) is 2.41. The summed E-state index contributed by atoms with van der Waals surface area (Å²) in [6.07, 6.45) is 0.101. The summed E-state index contributed by atoms with van der Waals surface area (Å²) in [7, 11) is -3.80. The van der Waals surface area contributed by atoms with Crippen molar-refractivity contribution < 1.29 is 23.1 Å². The van der Waals surface area contributed by atoms with Crippen molar-refractivity contribution >= 4 is 38.4 Å². The number of rotatable bonds is 7. The van der Waals surface area contributed by atoms with Crippen LogP contribution in [-0.2, 0) is 14.8 Å². The average Bonchev–Trinajstić information content (AvgIpc) is 2.85. The Kier molecular flexibility index (Phi) is 4.49. The van der Waals surface area contributed by atoms with Crippen LogP contribution in [0.4, 0.5) is 5.69 Å². The fourth-order valence-electron chi connectivity index (χ4n) is 3.09. The number of hydrogen-bond acceptors (Lipinski definition) is 4. The molecule has 0 saturated carbocycles. The Morgan fingerprint density at radius 2 is 2.00 bits per heavy atom. The first-order chi connectivity index (χ1) is 11.9. The minimum Gasteiger partial charge on any atom is -0.481 e. The van der Waals surface area contributed by atoms with Crippen LogP contribution in [0.15, 0.2) is 35.2 Å². The summed E-state index contributed by atoms with van der Waals surface area (Å²) in [4.78, 5) is 24.7. The van der Waals surface area contributed by atoms with E-state index in [1.54, 1.807) is 29.2 Å². The Hall–Kier alpha value is -2.45. The minimum absolute atomic E-state index is 0.0393. The van der Waals surface area contributed by atoms with Crippen molar-refractivity contribution in [2.24, 2.45) is 0 Å². The molecule has 2 aromatic carbocycles. The van der Waals surface area contributed by atoms with E-state index in [9.17, 15) is 18.0 Å². The first-order valence-electron chi connectivity index (χ1n) is 7.96. The highest BCUT2D eigenvalue weighted by Crippen LogP contribution is 2.39. The first kappa shape index (κ1) is 17.4. The molecule has 132 valence electrons. The summed E-state index contributed by atoms with van der Waals surface area (Å²) in [5.74, 6) is -1.10. The number of carbonyl (C=O) groups excluding carboxylic acids is 1. The van der Waals surface area contributed by atoms with Gasteiger partial charge >= 0.3 is 5.97 Å². The Morgan fingerprint density at radius 1 is 1.24 bits per heavy atom. The molecule has 1 heterocycles. The van der Waals surface area contributed by atoms with E-state index in [1.807, 2.05) is 6.92 Å². The second-order valence-electron chi connectivity index (χ2n) is 5.76. The topological polar surface area (TPSA) is 104 Å². The number of amides is 1. The molecule has 3 rings (SSSR count). The largest absolute Gasteiger partial charge is 0.481 e. The number of aliphatic carboxylic acids is 1. The lowest BCUT2D eigenvalue weighted by molar-refractivity contribution is -0.137. The lowest BCUT2D eigenvalue weighted by Gasteiger charge is -2.15. The highest BCUT2D eigenvalue weighted by molar-refractivity contribution is 7.89. The smallest absolute Gasteiger partial charge is 0.303 e. The lowest BCUT2D eigenvalue weighted by Crippen LogP contribution is -2.26. The van der Waals surface area contributed by atoms with Crippen molar-refractivity contribution in [3.8, 4) is 0 Å². The van der Waals surface area contributed by atoms with E-state index in [0.717, 1.165) is 0 Å². The molecule has 1 aliphatic rings. The third-order valence-electron chi connectivity index (χ3n) is 4.21. The van der Waals surface area contributed by atoms with E-state index in [-0.39, 0.29) is 30.2 Å². The van der Waals surface area contributed by atoms with Gasteiger partial charge in [0.1, 0.15) is 0 Å². The van der Waals surface area contributed by atoms with Gasteiger partial charge in [-0.05, 0) is 31.5 Å². The third kappa shape index (κ3) is 2.98. The van der Waals surface area contributed by atoms with Gasteiger partial charge in [-0.3, -0.25) is 9.59 Å². The van der Waals surface area contributed by atoms with Gasteiger partial charge in [-0.25, -0.2) is 13.1 Å². The Bertz CT molecular complexity index is 968. The molecule has 0 aliphatic carbocycles. The number of anilines is 1. The molecule has 0 fully saturated rings. The van der Waals surface area contributed by atoms with Crippen molar-refractivity contribution in [3.63, 3.8) is 0 Å². The van der Waals surface area contributed by atoms with E-state index in [4.69, 9.17) is 5.11 Å². The third-order valence-corrected chi connectivity index (χ3v) is 5.73. The van der Waals surface area contributed by atoms with E-state index < -0.39 is 16.0 Å². The zero-order valence-corrected chi connectivity index (χ0v) is 14.5. The van der Waals surface area contributed by atoms with Crippen molar-refractivity contribution in [2.75, 3.05) is 18.0 Å². The molecule has 0 bridgehead atoms. The van der Waals surface area contributed by atoms with Gasteiger partial charge in [-0.2, -0.15) is 0 Å². The van der Waals surface area contributed by atoms with Gasteiger partial charge in [0.05, 0.1) is 10.6 Å². The molecule has 7 nitrogen and oxygen atoms in total. The molecule has 0 spiro atoms. The van der Waals surface area contributed by atoms with Gasteiger partial charge in [0.2, 0.25) is 10.0 Å². The fourth-order valence-corrected chi connectivity index (χ4v) is 4.37. The van der Waals surface area contributed by atoms with Gasteiger partial charge in [-0.15, -0.1) is 0 Å². The van der Waals surface area contributed by atoms with Crippen molar-refractivity contribution in [2.45, 2.75) is 24.7 Å². The molecule has 0 atom stereocenters. The standard InChI is InChI=1S/C17H18N2O5S/c1-2-19-13-8-9-14(25(23,24)18-10-4-7-15(20)21)11-5-3-6-12(16(11)13)17(19)22/h3,5-6,8-9,18H,2,4,7,10H2,1H3,(H,20,21). The van der Waals surface area contributed by atoms with E-state index >= 15 is 0 Å². The van der Waals surface area contributed by atoms with Crippen molar-refractivity contribution in [1.82, 2.24) is 4.72 Å². The van der Waals surface area contributed by atoms with Crippen molar-refractivity contribution in [3.05, 3.63) is 35.9 Å². The zero-order valence-electron chi connectivity index (χ0n) is 13.7. The average molecular weight is 362 g/mol. The number of benzene rings is 2. The quantitative estimate of drug-likeness (QED) is 0.733. The number of nitrogens with zero attached hydrogens (tertiary/aromatic N) is 1. The van der Waals surface area contributed by atoms with Crippen LogP contribution in [0, 0.1) is 0 Å². The molecule has 2 N–H and O–H groups in total. The molecule has 0 unspecified atom stereocenters. The predicted octanol–water partition coefficient (Wildman–Crippen LogP) is 1.96. The lowest BCUT2D eigenvalue weighted by atomic mass is 10.1. The van der Waals surface area contributed by atoms with Gasteiger partial charge in [-0.1, -0.05) is 12.1 Å². The molecule has 0 aromatic heterocycles. The van der Waals surface area contributed by atoms with Crippen LogP contribution >= 0.6 is 0 Å². The van der Waals surface area contributed by atoms with Crippen LogP contribution in [0.25, 0.3) is 10.8 Å². The normalized spacial score (nSPS) is 13.6. The SMILES string of the molecule is CCN1C(=O)c2cccc3c(S(=O)(=O)NCCCC(=O)O)ccc1c23. The summed E-state index contributed by atoms with van der Waals surface area (Å²) in [5, 5.41) is 9.76. The predicted molar refractivity (Wildman–Crippen MR) is 93.4 cm³/mol. The van der Waals surface area contributed by atoms with Crippen LogP contribution in [-0.4, -0.2) is 38.5 Å². The van der Waals surface area contributed by atoms with Crippen LogP contribution in [0.3, 0.4) is 0 Å². The molecule has 2 aromatic rings. The molecule has 25 heavy (non-hydrogen) atoms. The van der Waals surface area contributed by atoms with E-state index in [1.165, 1.54) is 6.07 Å². The van der Waals surface area contributed by atoms with Gasteiger partial charge in [0, 0.05) is 35.8 Å². The summed E-state index contributed by atoms with van der Waals surface area (Å²) >= 11 is 0. The Morgan fingerprint density at radius 3 is 2.68 bits per heavy atom. The molecule has 8 heteroatoms. The number of hydrogen-bond donors (Lipinski definition) is 2. The number of nitrogens with one attached hydrogen (secondary N) is 1. The van der Waals surface area contributed by atoms with E-state index in [0.29, 0.717) is 28.6 Å². The minimum atomic E-state index is -3.80. The maximum Gasteiger partial charge on any atom is 0.303 e.